The molecule has 3 atom stereocenters. The molecule has 1 aromatic heterocycles. The summed E-state index contributed by atoms with van der Waals surface area (Å²) in [5, 5.41) is 0. The van der Waals surface area contributed by atoms with Crippen molar-refractivity contribution in [3.8, 4) is 0 Å². The molecule has 1 rings (SSSR count). The van der Waals surface area contributed by atoms with Gasteiger partial charge in [-0.1, -0.05) is 34.1 Å². The number of hydrogen-bond acceptors (Lipinski definition) is 1. The van der Waals surface area contributed by atoms with Gasteiger partial charge in [0.1, 0.15) is 5.82 Å². The molecule has 0 aliphatic rings. The Morgan fingerprint density at radius 1 is 1.33 bits per heavy atom. The van der Waals surface area contributed by atoms with Crippen LogP contribution in [0.5, 0.6) is 0 Å². The van der Waals surface area contributed by atoms with Crippen LogP contribution in [0, 0.1) is 18.8 Å². The van der Waals surface area contributed by atoms with Gasteiger partial charge in [0.05, 0.1) is 0 Å². The summed E-state index contributed by atoms with van der Waals surface area (Å²) >= 11 is 0. The third-order valence-electron chi connectivity index (χ3n) is 3.54. The topological polar surface area (TPSA) is 28.7 Å². The second-order valence-corrected chi connectivity index (χ2v) is 4.94. The van der Waals surface area contributed by atoms with Crippen LogP contribution in [0.2, 0.25) is 0 Å². The van der Waals surface area contributed by atoms with Crippen molar-refractivity contribution in [2.45, 2.75) is 53.4 Å². The Morgan fingerprint density at radius 2 is 2.00 bits per heavy atom. The van der Waals surface area contributed by atoms with Gasteiger partial charge in [0.25, 0.3) is 0 Å². The summed E-state index contributed by atoms with van der Waals surface area (Å²) in [6, 6.07) is 0. The van der Waals surface area contributed by atoms with Crippen LogP contribution < -0.4 is 0 Å². The molecule has 0 aliphatic carbocycles. The van der Waals surface area contributed by atoms with Crippen molar-refractivity contribution in [2.24, 2.45) is 11.8 Å². The van der Waals surface area contributed by atoms with E-state index >= 15 is 0 Å². The second kappa shape index (κ2) is 5.34. The molecule has 0 amide bonds. The third-order valence-corrected chi connectivity index (χ3v) is 3.54. The minimum absolute atomic E-state index is 0.584. The molecule has 2 heteroatoms. The van der Waals surface area contributed by atoms with Crippen LogP contribution in [0.1, 0.15) is 58.0 Å². The highest BCUT2D eigenvalue weighted by Crippen LogP contribution is 2.28. The first kappa shape index (κ1) is 12.3. The summed E-state index contributed by atoms with van der Waals surface area (Å²) in [6.07, 6.45) is 4.56. The normalized spacial score (nSPS) is 17.4. The molecule has 0 aliphatic heterocycles. The quantitative estimate of drug-likeness (QED) is 0.781. The smallest absolute Gasteiger partial charge is 0.103 e. The fraction of sp³-hybridized carbons (Fsp3) is 0.769. The second-order valence-electron chi connectivity index (χ2n) is 4.94. The molecule has 0 radical (unpaired) electrons. The number of nitrogens with one attached hydrogen (secondary N) is 1. The number of nitrogens with zero attached hydrogens (tertiary/aromatic N) is 1. The molecular weight excluding hydrogens is 184 g/mol. The molecule has 1 aromatic rings. The number of hydrogen-bond donors (Lipinski definition) is 1. The highest BCUT2D eigenvalue weighted by Gasteiger charge is 2.17. The van der Waals surface area contributed by atoms with Crippen LogP contribution in [-0.4, -0.2) is 9.97 Å². The lowest BCUT2D eigenvalue weighted by molar-refractivity contribution is 0.361. The predicted molar refractivity (Wildman–Crippen MR) is 65.0 cm³/mol. The molecule has 0 aromatic carbocycles. The van der Waals surface area contributed by atoms with Gasteiger partial charge in [-0.25, -0.2) is 4.98 Å². The summed E-state index contributed by atoms with van der Waals surface area (Å²) in [5.74, 6) is 3.15. The molecule has 86 valence electrons. The summed E-state index contributed by atoms with van der Waals surface area (Å²) in [7, 11) is 0. The molecule has 0 saturated heterocycles. The SMILES string of the molecule is CCC(C)CC(C)C(C)c1cnc(C)[nH]1. The molecule has 2 nitrogen and oxygen atoms in total. The van der Waals surface area contributed by atoms with Gasteiger partial charge in [-0.2, -0.15) is 0 Å². The maximum atomic E-state index is 4.26. The average Bonchev–Trinajstić information content (AvgIpc) is 2.63. The molecule has 3 unspecified atom stereocenters. The molecule has 0 fully saturated rings. The van der Waals surface area contributed by atoms with Crippen molar-refractivity contribution >= 4 is 0 Å². The first-order valence-electron chi connectivity index (χ1n) is 6.06. The summed E-state index contributed by atoms with van der Waals surface area (Å²) in [6.45, 7) is 11.2. The van der Waals surface area contributed by atoms with Crippen LogP contribution in [0.25, 0.3) is 0 Å². The molecule has 1 N–H and O–H groups in total. The average molecular weight is 208 g/mol. The van der Waals surface area contributed by atoms with Crippen LogP contribution in [0.4, 0.5) is 0 Å². The van der Waals surface area contributed by atoms with E-state index in [0.29, 0.717) is 5.92 Å². The number of rotatable bonds is 5. The number of aromatic amines is 1. The Kier molecular flexibility index (Phi) is 4.37. The van der Waals surface area contributed by atoms with Crippen molar-refractivity contribution in [3.63, 3.8) is 0 Å². The summed E-state index contributed by atoms with van der Waals surface area (Å²) < 4.78 is 0. The minimum atomic E-state index is 0.584. The van der Waals surface area contributed by atoms with Gasteiger partial charge < -0.3 is 4.98 Å². The summed E-state index contributed by atoms with van der Waals surface area (Å²) in [5.41, 5.74) is 1.28. The Morgan fingerprint density at radius 3 is 2.47 bits per heavy atom. The van der Waals surface area contributed by atoms with Gasteiger partial charge in [0, 0.05) is 17.8 Å². The first-order valence-corrected chi connectivity index (χ1v) is 6.06. The van der Waals surface area contributed by atoms with Gasteiger partial charge in [0.15, 0.2) is 0 Å². The van der Waals surface area contributed by atoms with Crippen molar-refractivity contribution in [1.82, 2.24) is 9.97 Å². The standard InChI is InChI=1S/C13H24N2/c1-6-9(2)7-10(3)11(4)13-8-14-12(5)15-13/h8-11H,6-7H2,1-5H3,(H,14,15). The van der Waals surface area contributed by atoms with E-state index in [0.717, 1.165) is 17.7 Å². The van der Waals surface area contributed by atoms with Crippen LogP contribution in [0.15, 0.2) is 6.20 Å². The van der Waals surface area contributed by atoms with Crippen molar-refractivity contribution in [1.29, 1.82) is 0 Å². The Bertz CT molecular complexity index is 290. The zero-order valence-electron chi connectivity index (χ0n) is 10.7. The van der Waals surface area contributed by atoms with Crippen molar-refractivity contribution in [2.75, 3.05) is 0 Å². The van der Waals surface area contributed by atoms with Gasteiger partial charge >= 0.3 is 0 Å². The zero-order chi connectivity index (χ0) is 11.4. The molecule has 15 heavy (non-hydrogen) atoms. The van der Waals surface area contributed by atoms with E-state index in [2.05, 4.69) is 37.7 Å². The van der Waals surface area contributed by atoms with E-state index in [1.54, 1.807) is 0 Å². The molecule has 0 saturated carbocycles. The third kappa shape index (κ3) is 3.37. The van der Waals surface area contributed by atoms with E-state index in [1.807, 2.05) is 13.1 Å². The number of imidazole rings is 1. The lowest BCUT2D eigenvalue weighted by Crippen LogP contribution is -2.10. The van der Waals surface area contributed by atoms with Crippen molar-refractivity contribution < 1.29 is 0 Å². The van der Waals surface area contributed by atoms with Gasteiger partial charge in [-0.05, 0) is 25.2 Å². The lowest BCUT2D eigenvalue weighted by atomic mass is 9.85. The van der Waals surface area contributed by atoms with Gasteiger partial charge in [-0.3, -0.25) is 0 Å². The monoisotopic (exact) mass is 208 g/mol. The van der Waals surface area contributed by atoms with E-state index in [9.17, 15) is 0 Å². The zero-order valence-corrected chi connectivity index (χ0v) is 10.7. The summed E-state index contributed by atoms with van der Waals surface area (Å²) in [4.78, 5) is 7.60. The Hall–Kier alpha value is -0.790. The Balaban J connectivity index is 2.56. The first-order chi connectivity index (χ1) is 7.04. The fourth-order valence-electron chi connectivity index (χ4n) is 1.98. The van der Waals surface area contributed by atoms with E-state index in [-0.39, 0.29) is 0 Å². The van der Waals surface area contributed by atoms with Crippen LogP contribution >= 0.6 is 0 Å². The minimum Gasteiger partial charge on any atom is -0.346 e. The van der Waals surface area contributed by atoms with E-state index < -0.39 is 0 Å². The maximum absolute atomic E-state index is 4.26. The van der Waals surface area contributed by atoms with E-state index in [1.165, 1.54) is 18.5 Å². The molecule has 1 heterocycles. The maximum Gasteiger partial charge on any atom is 0.103 e. The number of H-pyrrole nitrogens is 1. The van der Waals surface area contributed by atoms with Crippen molar-refractivity contribution in [3.05, 3.63) is 17.7 Å². The number of aromatic nitrogens is 2. The largest absolute Gasteiger partial charge is 0.346 e. The Labute approximate surface area is 93.5 Å². The van der Waals surface area contributed by atoms with Gasteiger partial charge in [0.2, 0.25) is 0 Å². The highest BCUT2D eigenvalue weighted by molar-refractivity contribution is 5.06. The van der Waals surface area contributed by atoms with E-state index in [4.69, 9.17) is 0 Å². The fourth-order valence-corrected chi connectivity index (χ4v) is 1.98. The molecular formula is C13H24N2. The molecule has 0 spiro atoms. The highest BCUT2D eigenvalue weighted by atomic mass is 14.9. The van der Waals surface area contributed by atoms with Gasteiger partial charge in [-0.15, -0.1) is 0 Å². The number of aryl methyl sites for hydroxylation is 1. The lowest BCUT2D eigenvalue weighted by Gasteiger charge is -2.21. The van der Waals surface area contributed by atoms with Crippen LogP contribution in [0.3, 0.4) is 0 Å². The van der Waals surface area contributed by atoms with Crippen LogP contribution in [-0.2, 0) is 0 Å². The predicted octanol–water partition coefficient (Wildman–Crippen LogP) is 3.89. The molecule has 0 bridgehead atoms.